The lowest BCUT2D eigenvalue weighted by Crippen LogP contribution is -2.29. The summed E-state index contributed by atoms with van der Waals surface area (Å²) in [6, 6.07) is 0. The summed E-state index contributed by atoms with van der Waals surface area (Å²) in [7, 11) is -3.99. The summed E-state index contributed by atoms with van der Waals surface area (Å²) in [5, 5.41) is 9.12. The third kappa shape index (κ3) is 2.83. The molecule has 0 spiro atoms. The van der Waals surface area contributed by atoms with Crippen LogP contribution in [0, 0.1) is 0 Å². The van der Waals surface area contributed by atoms with Crippen molar-refractivity contribution in [3.8, 4) is 0 Å². The van der Waals surface area contributed by atoms with Crippen LogP contribution >= 0.6 is 27.3 Å². The van der Waals surface area contributed by atoms with E-state index in [9.17, 15) is 13.2 Å². The van der Waals surface area contributed by atoms with Crippen molar-refractivity contribution in [3.05, 3.63) is 21.1 Å². The third-order valence-corrected chi connectivity index (χ3v) is 4.30. The van der Waals surface area contributed by atoms with E-state index in [-0.39, 0.29) is 11.4 Å². The predicted octanol–water partition coefficient (Wildman–Crippen LogP) is 0.0969. The van der Waals surface area contributed by atoms with Crippen molar-refractivity contribution >= 4 is 54.7 Å². The monoisotopic (exact) mass is 351 g/mol. The zero-order valence-corrected chi connectivity index (χ0v) is 11.8. The van der Waals surface area contributed by atoms with Crippen LogP contribution in [0.1, 0.15) is 5.01 Å². The average molecular weight is 352 g/mol. The Balaban J connectivity index is 2.47. The van der Waals surface area contributed by atoms with Crippen LogP contribution in [0.5, 0.6) is 0 Å². The molecule has 0 fully saturated rings. The number of aliphatic hydroxyl groups is 1. The van der Waals surface area contributed by atoms with Crippen molar-refractivity contribution in [1.82, 2.24) is 9.71 Å². The Morgan fingerprint density at radius 3 is 2.83 bits per heavy atom. The van der Waals surface area contributed by atoms with Crippen molar-refractivity contribution in [1.29, 1.82) is 0 Å². The van der Waals surface area contributed by atoms with Crippen molar-refractivity contribution in [2.24, 2.45) is 4.40 Å². The summed E-state index contributed by atoms with van der Waals surface area (Å²) >= 11 is 4.40. The normalized spacial score (nSPS) is 17.7. The quantitative estimate of drug-likeness (QED) is 0.802. The molecule has 0 radical (unpaired) electrons. The molecule has 2 N–H and O–H groups in total. The number of nitrogens with zero attached hydrogens (tertiary/aromatic N) is 2. The van der Waals surface area contributed by atoms with Gasteiger partial charge in [0.25, 0.3) is 0 Å². The molecule has 10 heteroatoms. The van der Waals surface area contributed by atoms with Crippen LogP contribution in [-0.4, -0.2) is 36.6 Å². The van der Waals surface area contributed by atoms with E-state index in [1.165, 1.54) is 23.6 Å². The average Bonchev–Trinajstić information content (AvgIpc) is 2.72. The van der Waals surface area contributed by atoms with E-state index in [2.05, 4.69) is 30.0 Å². The van der Waals surface area contributed by atoms with Gasteiger partial charge < -0.3 is 5.11 Å². The van der Waals surface area contributed by atoms with Crippen LogP contribution in [0.25, 0.3) is 5.70 Å². The van der Waals surface area contributed by atoms with Gasteiger partial charge in [-0.15, -0.1) is 15.7 Å². The lowest BCUT2D eigenvalue weighted by molar-refractivity contribution is -0.115. The number of nitrogens with one attached hydrogen (secondary N) is 1. The summed E-state index contributed by atoms with van der Waals surface area (Å²) in [4.78, 5) is 15.3. The Morgan fingerprint density at radius 2 is 2.28 bits per heavy atom. The van der Waals surface area contributed by atoms with Gasteiger partial charge in [-0.05, 0) is 22.0 Å². The molecule has 7 nitrogen and oxygen atoms in total. The molecule has 0 atom stereocenters. The highest BCUT2D eigenvalue weighted by atomic mass is 79.9. The van der Waals surface area contributed by atoms with E-state index in [0.29, 0.717) is 5.01 Å². The number of halogens is 1. The van der Waals surface area contributed by atoms with Gasteiger partial charge >= 0.3 is 10.2 Å². The van der Waals surface area contributed by atoms with Gasteiger partial charge in [-0.3, -0.25) is 9.52 Å². The molecule has 1 aromatic rings. The smallest absolute Gasteiger partial charge is 0.343 e. The SMILES string of the molecule is O=C(CO)C1=NS(=O)(=O)NC(c2ncc(Br)s2)=C1. The summed E-state index contributed by atoms with van der Waals surface area (Å²) in [5.41, 5.74) is -0.171. The second-order valence-electron chi connectivity index (χ2n) is 3.16. The Labute approximate surface area is 115 Å². The highest BCUT2D eigenvalue weighted by Gasteiger charge is 2.24. The number of hydrogen-bond donors (Lipinski definition) is 2. The minimum Gasteiger partial charge on any atom is -0.388 e. The number of aliphatic hydroxyl groups excluding tert-OH is 1. The maximum absolute atomic E-state index is 11.5. The Bertz CT molecular complexity index is 662. The fraction of sp³-hybridized carbons (Fsp3) is 0.125. The number of allylic oxidation sites excluding steroid dienone is 1. The van der Waals surface area contributed by atoms with Crippen molar-refractivity contribution in [2.45, 2.75) is 0 Å². The van der Waals surface area contributed by atoms with Gasteiger partial charge in [0.1, 0.15) is 17.3 Å². The fourth-order valence-corrected chi connectivity index (χ4v) is 3.32. The molecule has 0 aliphatic carbocycles. The van der Waals surface area contributed by atoms with Gasteiger partial charge in [0.2, 0.25) is 5.78 Å². The van der Waals surface area contributed by atoms with Crippen LogP contribution in [0.3, 0.4) is 0 Å². The first-order valence-corrected chi connectivity index (χ1v) is 7.56. The van der Waals surface area contributed by atoms with Crippen LogP contribution in [0.2, 0.25) is 0 Å². The van der Waals surface area contributed by atoms with E-state index in [1.54, 1.807) is 0 Å². The van der Waals surface area contributed by atoms with E-state index in [0.717, 1.165) is 3.79 Å². The zero-order valence-electron chi connectivity index (χ0n) is 8.62. The maximum Gasteiger partial charge on any atom is 0.343 e. The molecule has 1 aliphatic heterocycles. The first-order valence-electron chi connectivity index (χ1n) is 4.51. The molecule has 0 aromatic carbocycles. The summed E-state index contributed by atoms with van der Waals surface area (Å²) in [6.45, 7) is -0.806. The fourth-order valence-electron chi connectivity index (χ4n) is 1.18. The van der Waals surface area contributed by atoms with Crippen LogP contribution in [0.4, 0.5) is 0 Å². The molecule has 96 valence electrons. The number of rotatable bonds is 3. The van der Waals surface area contributed by atoms with Crippen LogP contribution < -0.4 is 4.72 Å². The number of aromatic nitrogens is 1. The van der Waals surface area contributed by atoms with E-state index >= 15 is 0 Å². The van der Waals surface area contributed by atoms with E-state index in [4.69, 9.17) is 5.11 Å². The summed E-state index contributed by atoms with van der Waals surface area (Å²) in [5.74, 6) is -0.770. The molecule has 1 aromatic heterocycles. The third-order valence-electron chi connectivity index (χ3n) is 1.88. The first-order chi connectivity index (χ1) is 8.41. The second kappa shape index (κ2) is 4.88. The maximum atomic E-state index is 11.5. The largest absolute Gasteiger partial charge is 0.388 e. The lowest BCUT2D eigenvalue weighted by Gasteiger charge is -2.12. The standard InChI is InChI=1S/C8H6BrN3O4S2/c9-7-2-10-8(17-7)5-1-4(6(14)3-13)11-18(15,16)12-5/h1-2,12-13H,3H2. The molecule has 2 rings (SSSR count). The van der Waals surface area contributed by atoms with Gasteiger partial charge in [-0.1, -0.05) is 0 Å². The number of ketones is 1. The van der Waals surface area contributed by atoms with Gasteiger partial charge in [-0.2, -0.15) is 8.42 Å². The lowest BCUT2D eigenvalue weighted by atomic mass is 10.2. The number of carbonyl (C=O) groups is 1. The highest BCUT2D eigenvalue weighted by molar-refractivity contribution is 9.11. The van der Waals surface area contributed by atoms with Gasteiger partial charge in [0.15, 0.2) is 0 Å². The molecule has 0 saturated carbocycles. The molecule has 1 aliphatic rings. The van der Waals surface area contributed by atoms with Gasteiger partial charge in [-0.25, -0.2) is 4.98 Å². The van der Waals surface area contributed by atoms with Crippen molar-refractivity contribution in [3.63, 3.8) is 0 Å². The van der Waals surface area contributed by atoms with Crippen LogP contribution in [-0.2, 0) is 15.0 Å². The number of thiazole rings is 1. The molecule has 0 amide bonds. The van der Waals surface area contributed by atoms with Crippen LogP contribution in [0.15, 0.2) is 20.5 Å². The van der Waals surface area contributed by atoms with Gasteiger partial charge in [0, 0.05) is 0 Å². The topological polar surface area (TPSA) is 109 Å². The molecular formula is C8H6BrN3O4S2. The summed E-state index contributed by atoms with van der Waals surface area (Å²) < 4.78 is 29.0. The zero-order chi connectivity index (χ0) is 13.3. The molecule has 0 unspecified atom stereocenters. The van der Waals surface area contributed by atoms with Crippen molar-refractivity contribution in [2.75, 3.05) is 6.61 Å². The Hall–Kier alpha value is -1.10. The number of carbonyl (C=O) groups excluding carboxylic acids is 1. The second-order valence-corrected chi connectivity index (χ2v) is 6.91. The summed E-state index contributed by atoms with van der Waals surface area (Å²) in [6.07, 6.45) is 2.75. The minimum atomic E-state index is -3.99. The highest BCUT2D eigenvalue weighted by Crippen LogP contribution is 2.25. The number of Topliss-reactive ketones (excluding diaryl/α,β-unsaturated/α-hetero) is 1. The van der Waals surface area contributed by atoms with E-state index in [1.807, 2.05) is 0 Å². The molecular weight excluding hydrogens is 346 g/mol. The van der Waals surface area contributed by atoms with E-state index < -0.39 is 22.6 Å². The Kier molecular flexibility index (Phi) is 3.61. The molecule has 2 heterocycles. The minimum absolute atomic E-state index is 0.150. The predicted molar refractivity (Wildman–Crippen MR) is 69.4 cm³/mol. The molecule has 0 bridgehead atoms. The first kappa shape index (κ1) is 13.3. The van der Waals surface area contributed by atoms with Gasteiger partial charge in [0.05, 0.1) is 15.7 Å². The van der Waals surface area contributed by atoms with Crippen molar-refractivity contribution < 1.29 is 18.3 Å². The molecule has 0 saturated heterocycles. The number of hydrogen-bond acceptors (Lipinski definition) is 6. The Morgan fingerprint density at radius 1 is 1.56 bits per heavy atom. The molecule has 18 heavy (non-hydrogen) atoms.